The Labute approximate surface area is 102 Å². The van der Waals surface area contributed by atoms with Crippen LogP contribution in [0.1, 0.15) is 36.5 Å². The van der Waals surface area contributed by atoms with E-state index in [9.17, 15) is 0 Å². The van der Waals surface area contributed by atoms with Crippen molar-refractivity contribution in [1.29, 1.82) is 5.26 Å². The molecule has 0 radical (unpaired) electrons. The average Bonchev–Trinajstić information content (AvgIpc) is 2.25. The highest BCUT2D eigenvalue weighted by Gasteiger charge is 2.08. The summed E-state index contributed by atoms with van der Waals surface area (Å²) in [5.74, 6) is 0. The maximum atomic E-state index is 9.04. The molecule has 84 valence electrons. The quantitative estimate of drug-likeness (QED) is 0.702. The second-order valence-electron chi connectivity index (χ2n) is 3.97. The van der Waals surface area contributed by atoms with Crippen molar-refractivity contribution < 1.29 is 0 Å². The van der Waals surface area contributed by atoms with Gasteiger partial charge in [-0.3, -0.25) is 0 Å². The van der Waals surface area contributed by atoms with E-state index >= 15 is 0 Å². The Morgan fingerprint density at radius 2 is 2.06 bits per heavy atom. The van der Waals surface area contributed by atoms with Crippen LogP contribution in [-0.2, 0) is 0 Å². The molecule has 0 unspecified atom stereocenters. The third-order valence-corrected chi connectivity index (χ3v) is 2.95. The second-order valence-corrected chi connectivity index (χ2v) is 4.35. The molecule has 0 saturated heterocycles. The summed E-state index contributed by atoms with van der Waals surface area (Å²) in [5.41, 5.74) is 3.97. The summed E-state index contributed by atoms with van der Waals surface area (Å²) in [7, 11) is 0. The lowest BCUT2D eigenvalue weighted by Gasteiger charge is -2.07. The summed E-state index contributed by atoms with van der Waals surface area (Å²) in [5, 5.41) is 9.64. The minimum absolute atomic E-state index is 0.599. The monoisotopic (exact) mass is 233 g/mol. The highest BCUT2D eigenvalue weighted by atomic mass is 35.5. The Bertz CT molecular complexity index is 452. The molecular formula is C14H16ClN. The minimum Gasteiger partial charge on any atom is -0.193 e. The lowest BCUT2D eigenvalue weighted by molar-refractivity contribution is 0.933. The fourth-order valence-electron chi connectivity index (χ4n) is 1.69. The molecule has 0 heterocycles. The number of aryl methyl sites for hydroxylation is 2. The summed E-state index contributed by atoms with van der Waals surface area (Å²) in [4.78, 5) is 0. The molecule has 0 fully saturated rings. The van der Waals surface area contributed by atoms with Gasteiger partial charge in [0.1, 0.15) is 0 Å². The standard InChI is InChI=1S/C14H16ClN/c1-4-5-12(9-16)14(15)13-7-6-10(2)8-11(13)3/h6-8H,4-5H2,1-3H3. The molecule has 0 aliphatic carbocycles. The summed E-state index contributed by atoms with van der Waals surface area (Å²) >= 11 is 6.27. The van der Waals surface area contributed by atoms with Crippen molar-refractivity contribution in [3.63, 3.8) is 0 Å². The molecule has 0 aliphatic heterocycles. The normalized spacial score (nSPS) is 11.9. The SMILES string of the molecule is CCCC(C#N)=C(Cl)c1ccc(C)cc1C. The maximum Gasteiger partial charge on any atom is 0.0962 e. The Hall–Kier alpha value is -1.26. The van der Waals surface area contributed by atoms with Gasteiger partial charge in [-0.25, -0.2) is 0 Å². The first-order chi connectivity index (χ1) is 7.60. The predicted molar refractivity (Wildman–Crippen MR) is 69.2 cm³/mol. The first-order valence-electron chi connectivity index (χ1n) is 5.46. The molecule has 1 nitrogen and oxygen atoms in total. The Balaban J connectivity index is 3.22. The first kappa shape index (κ1) is 12.8. The third-order valence-electron chi connectivity index (χ3n) is 2.52. The zero-order valence-electron chi connectivity index (χ0n) is 9.97. The molecule has 0 saturated carbocycles. The number of benzene rings is 1. The topological polar surface area (TPSA) is 23.8 Å². The van der Waals surface area contributed by atoms with Crippen LogP contribution in [0.2, 0.25) is 0 Å². The second kappa shape index (κ2) is 5.72. The van der Waals surface area contributed by atoms with Crippen molar-refractivity contribution in [2.45, 2.75) is 33.6 Å². The van der Waals surface area contributed by atoms with Crippen molar-refractivity contribution in [3.05, 3.63) is 40.5 Å². The summed E-state index contributed by atoms with van der Waals surface area (Å²) in [6, 6.07) is 8.28. The van der Waals surface area contributed by atoms with Crippen LogP contribution in [0.25, 0.3) is 5.03 Å². The van der Waals surface area contributed by atoms with E-state index in [2.05, 4.69) is 12.1 Å². The molecule has 16 heavy (non-hydrogen) atoms. The molecule has 0 N–H and O–H groups in total. The molecule has 1 aromatic carbocycles. The smallest absolute Gasteiger partial charge is 0.0962 e. The van der Waals surface area contributed by atoms with Crippen LogP contribution in [0.4, 0.5) is 0 Å². The Kier molecular flexibility index (Phi) is 4.58. The Morgan fingerprint density at radius 1 is 1.38 bits per heavy atom. The van der Waals surface area contributed by atoms with Crippen LogP contribution < -0.4 is 0 Å². The summed E-state index contributed by atoms with van der Waals surface area (Å²) < 4.78 is 0. The first-order valence-corrected chi connectivity index (χ1v) is 5.84. The van der Waals surface area contributed by atoms with Gasteiger partial charge < -0.3 is 0 Å². The van der Waals surface area contributed by atoms with Crippen LogP contribution in [0, 0.1) is 25.2 Å². The van der Waals surface area contributed by atoms with E-state index in [1.54, 1.807) is 0 Å². The van der Waals surface area contributed by atoms with Gasteiger partial charge in [-0.05, 0) is 31.4 Å². The number of nitrogens with zero attached hydrogens (tertiary/aromatic N) is 1. The largest absolute Gasteiger partial charge is 0.193 e. The molecule has 0 aliphatic rings. The van der Waals surface area contributed by atoms with Crippen molar-refractivity contribution in [2.75, 3.05) is 0 Å². The molecule has 1 aromatic rings. The van der Waals surface area contributed by atoms with E-state index in [4.69, 9.17) is 16.9 Å². The van der Waals surface area contributed by atoms with Gasteiger partial charge >= 0.3 is 0 Å². The number of rotatable bonds is 3. The zero-order chi connectivity index (χ0) is 12.1. The zero-order valence-corrected chi connectivity index (χ0v) is 10.7. The van der Waals surface area contributed by atoms with Gasteiger partial charge in [-0.1, -0.05) is 48.7 Å². The van der Waals surface area contributed by atoms with E-state index in [-0.39, 0.29) is 0 Å². The van der Waals surface area contributed by atoms with Crippen LogP contribution in [0.15, 0.2) is 23.8 Å². The minimum atomic E-state index is 0.599. The van der Waals surface area contributed by atoms with E-state index in [0.29, 0.717) is 10.6 Å². The number of halogens is 1. The van der Waals surface area contributed by atoms with Crippen LogP contribution in [0.5, 0.6) is 0 Å². The maximum absolute atomic E-state index is 9.04. The molecule has 0 spiro atoms. The van der Waals surface area contributed by atoms with E-state index in [0.717, 1.165) is 24.0 Å². The lowest BCUT2D eigenvalue weighted by atomic mass is 10.0. The van der Waals surface area contributed by atoms with E-state index < -0.39 is 0 Å². The summed E-state index contributed by atoms with van der Waals surface area (Å²) in [6.45, 7) is 6.11. The molecule has 0 atom stereocenters. The number of hydrogen-bond donors (Lipinski definition) is 0. The molecule has 1 rings (SSSR count). The van der Waals surface area contributed by atoms with Crippen LogP contribution in [-0.4, -0.2) is 0 Å². The molecule has 2 heteroatoms. The van der Waals surface area contributed by atoms with Crippen molar-refractivity contribution in [2.24, 2.45) is 0 Å². The van der Waals surface area contributed by atoms with Crippen molar-refractivity contribution in [1.82, 2.24) is 0 Å². The van der Waals surface area contributed by atoms with Gasteiger partial charge in [0.05, 0.1) is 11.1 Å². The van der Waals surface area contributed by atoms with Crippen LogP contribution >= 0.6 is 11.6 Å². The number of nitriles is 1. The van der Waals surface area contributed by atoms with Crippen molar-refractivity contribution >= 4 is 16.6 Å². The van der Waals surface area contributed by atoms with Gasteiger partial charge in [0.15, 0.2) is 0 Å². The van der Waals surface area contributed by atoms with Gasteiger partial charge in [0.2, 0.25) is 0 Å². The molecule has 0 amide bonds. The van der Waals surface area contributed by atoms with Gasteiger partial charge in [0.25, 0.3) is 0 Å². The highest BCUT2D eigenvalue weighted by Crippen LogP contribution is 2.28. The van der Waals surface area contributed by atoms with Gasteiger partial charge in [-0.15, -0.1) is 0 Å². The summed E-state index contributed by atoms with van der Waals surface area (Å²) in [6.07, 6.45) is 1.67. The number of allylic oxidation sites excluding steroid dienone is 1. The van der Waals surface area contributed by atoms with Crippen molar-refractivity contribution in [3.8, 4) is 6.07 Å². The predicted octanol–water partition coefficient (Wildman–Crippen LogP) is 4.58. The van der Waals surface area contributed by atoms with Crippen LogP contribution in [0.3, 0.4) is 0 Å². The van der Waals surface area contributed by atoms with E-state index in [1.165, 1.54) is 5.56 Å². The fourth-order valence-corrected chi connectivity index (χ4v) is 2.04. The van der Waals surface area contributed by atoms with Gasteiger partial charge in [-0.2, -0.15) is 5.26 Å². The average molecular weight is 234 g/mol. The third kappa shape index (κ3) is 2.87. The molecule has 0 bridgehead atoms. The lowest BCUT2D eigenvalue weighted by Crippen LogP contribution is -1.89. The molecular weight excluding hydrogens is 218 g/mol. The molecule has 0 aromatic heterocycles. The highest BCUT2D eigenvalue weighted by molar-refractivity contribution is 6.49. The van der Waals surface area contributed by atoms with E-state index in [1.807, 2.05) is 32.9 Å². The van der Waals surface area contributed by atoms with Gasteiger partial charge in [0, 0.05) is 5.57 Å². The number of hydrogen-bond acceptors (Lipinski definition) is 1. The Morgan fingerprint density at radius 3 is 2.56 bits per heavy atom. The fraction of sp³-hybridized carbons (Fsp3) is 0.357.